The van der Waals surface area contributed by atoms with Gasteiger partial charge < -0.3 is 5.32 Å². The second kappa shape index (κ2) is 4.64. The van der Waals surface area contributed by atoms with E-state index in [1.54, 1.807) is 23.5 Å². The first-order chi connectivity index (χ1) is 7.25. The van der Waals surface area contributed by atoms with E-state index in [0.29, 0.717) is 6.54 Å². The summed E-state index contributed by atoms with van der Waals surface area (Å²) in [5, 5.41) is 7.40. The van der Waals surface area contributed by atoms with Crippen LogP contribution in [0.25, 0.3) is 0 Å². The van der Waals surface area contributed by atoms with E-state index < -0.39 is 0 Å². The lowest BCUT2D eigenvalue weighted by molar-refractivity contribution is 0.627. The normalized spacial score (nSPS) is 10.3. The van der Waals surface area contributed by atoms with Crippen molar-refractivity contribution >= 4 is 28.6 Å². The summed E-state index contributed by atoms with van der Waals surface area (Å²) in [6.45, 7) is 0.650. The molecule has 0 spiro atoms. The fourth-order valence-corrected chi connectivity index (χ4v) is 2.03. The van der Waals surface area contributed by atoms with Crippen molar-refractivity contribution in [3.8, 4) is 0 Å². The van der Waals surface area contributed by atoms with Crippen LogP contribution >= 0.6 is 22.9 Å². The van der Waals surface area contributed by atoms with Crippen molar-refractivity contribution < 1.29 is 4.39 Å². The van der Waals surface area contributed by atoms with Crippen LogP contribution in [0.2, 0.25) is 5.02 Å². The molecule has 0 aliphatic heterocycles. The fourth-order valence-electron chi connectivity index (χ4n) is 1.22. The molecule has 0 unspecified atom stereocenters. The molecule has 2 rings (SSSR count). The van der Waals surface area contributed by atoms with Crippen molar-refractivity contribution in [3.05, 3.63) is 51.4 Å². The molecule has 1 heterocycles. The first-order valence-corrected chi connectivity index (χ1v) is 5.78. The van der Waals surface area contributed by atoms with Crippen LogP contribution < -0.4 is 5.32 Å². The minimum absolute atomic E-state index is 0.166. The SMILES string of the molecule is Fc1ccc(CNc2ccsc2)cc1Cl. The third-order valence-corrected chi connectivity index (χ3v) is 2.97. The van der Waals surface area contributed by atoms with E-state index >= 15 is 0 Å². The average Bonchev–Trinajstić information content (AvgIpc) is 2.73. The average molecular weight is 242 g/mol. The summed E-state index contributed by atoms with van der Waals surface area (Å²) in [6.07, 6.45) is 0. The van der Waals surface area contributed by atoms with Crippen molar-refractivity contribution in [1.29, 1.82) is 0 Å². The largest absolute Gasteiger partial charge is 0.380 e. The Bertz CT molecular complexity index is 442. The van der Waals surface area contributed by atoms with Crippen LogP contribution in [-0.4, -0.2) is 0 Å². The smallest absolute Gasteiger partial charge is 0.141 e. The molecule has 0 fully saturated rings. The van der Waals surface area contributed by atoms with Crippen LogP contribution in [0.1, 0.15) is 5.56 Å². The number of thiophene rings is 1. The summed E-state index contributed by atoms with van der Waals surface area (Å²) in [5.74, 6) is -0.379. The highest BCUT2D eigenvalue weighted by Crippen LogP contribution is 2.18. The monoisotopic (exact) mass is 241 g/mol. The molecule has 0 aliphatic rings. The summed E-state index contributed by atoms with van der Waals surface area (Å²) in [6, 6.07) is 6.74. The number of benzene rings is 1. The van der Waals surface area contributed by atoms with Gasteiger partial charge in [0.05, 0.1) is 5.02 Å². The van der Waals surface area contributed by atoms with E-state index in [9.17, 15) is 4.39 Å². The van der Waals surface area contributed by atoms with Gasteiger partial charge in [0.15, 0.2) is 0 Å². The molecule has 4 heteroatoms. The zero-order valence-corrected chi connectivity index (χ0v) is 9.41. The minimum atomic E-state index is -0.379. The zero-order valence-electron chi connectivity index (χ0n) is 7.84. The molecule has 0 radical (unpaired) electrons. The highest BCUT2D eigenvalue weighted by atomic mass is 35.5. The first-order valence-electron chi connectivity index (χ1n) is 4.46. The predicted molar refractivity (Wildman–Crippen MR) is 63.1 cm³/mol. The van der Waals surface area contributed by atoms with E-state index in [4.69, 9.17) is 11.6 Å². The number of hydrogen-bond donors (Lipinski definition) is 1. The molecule has 0 bridgehead atoms. The number of nitrogens with one attached hydrogen (secondary N) is 1. The Labute approximate surface area is 96.5 Å². The van der Waals surface area contributed by atoms with E-state index in [0.717, 1.165) is 11.3 Å². The summed E-state index contributed by atoms with van der Waals surface area (Å²) in [7, 11) is 0. The fraction of sp³-hybridized carbons (Fsp3) is 0.0909. The molecule has 0 aliphatic carbocycles. The molecule has 0 atom stereocenters. The zero-order chi connectivity index (χ0) is 10.7. The summed E-state index contributed by atoms with van der Waals surface area (Å²) < 4.78 is 12.9. The van der Waals surface area contributed by atoms with E-state index in [1.807, 2.05) is 16.8 Å². The standard InChI is InChI=1S/C11H9ClFNS/c12-10-5-8(1-2-11(10)13)6-14-9-3-4-15-7-9/h1-5,7,14H,6H2. The molecular weight excluding hydrogens is 233 g/mol. The molecule has 78 valence electrons. The predicted octanol–water partition coefficient (Wildman–Crippen LogP) is 4.15. The molecule has 1 aromatic heterocycles. The highest BCUT2D eigenvalue weighted by Gasteiger charge is 2.00. The van der Waals surface area contributed by atoms with Gasteiger partial charge in [-0.3, -0.25) is 0 Å². The Morgan fingerprint density at radius 1 is 1.33 bits per heavy atom. The van der Waals surface area contributed by atoms with Crippen molar-refractivity contribution in [2.75, 3.05) is 5.32 Å². The van der Waals surface area contributed by atoms with Crippen LogP contribution in [0, 0.1) is 5.82 Å². The van der Waals surface area contributed by atoms with Gasteiger partial charge in [0.2, 0.25) is 0 Å². The molecule has 0 saturated carbocycles. The third-order valence-electron chi connectivity index (χ3n) is 2.00. The van der Waals surface area contributed by atoms with Crippen molar-refractivity contribution in [1.82, 2.24) is 0 Å². The van der Waals surface area contributed by atoms with Gasteiger partial charge in [0.1, 0.15) is 5.82 Å². The number of halogens is 2. The maximum absolute atomic E-state index is 12.9. The minimum Gasteiger partial charge on any atom is -0.380 e. The Balaban J connectivity index is 2.02. The first kappa shape index (κ1) is 10.5. The lowest BCUT2D eigenvalue weighted by Crippen LogP contribution is -1.98. The molecule has 15 heavy (non-hydrogen) atoms. The van der Waals surface area contributed by atoms with Gasteiger partial charge in [-0.1, -0.05) is 17.7 Å². The summed E-state index contributed by atoms with van der Waals surface area (Å²) in [4.78, 5) is 0. The van der Waals surface area contributed by atoms with E-state index in [1.165, 1.54) is 6.07 Å². The van der Waals surface area contributed by atoms with Crippen LogP contribution in [0.4, 0.5) is 10.1 Å². The van der Waals surface area contributed by atoms with Gasteiger partial charge in [-0.15, -0.1) is 0 Å². The lowest BCUT2D eigenvalue weighted by atomic mass is 10.2. The Kier molecular flexibility index (Phi) is 3.23. The molecular formula is C11H9ClFNS. The molecule has 1 aromatic carbocycles. The van der Waals surface area contributed by atoms with Gasteiger partial charge in [-0.2, -0.15) is 11.3 Å². The third kappa shape index (κ3) is 2.70. The van der Waals surface area contributed by atoms with Crippen LogP contribution in [-0.2, 0) is 6.54 Å². The van der Waals surface area contributed by atoms with Crippen LogP contribution in [0.3, 0.4) is 0 Å². The van der Waals surface area contributed by atoms with Crippen LogP contribution in [0.15, 0.2) is 35.0 Å². The highest BCUT2D eigenvalue weighted by molar-refractivity contribution is 7.08. The number of hydrogen-bond acceptors (Lipinski definition) is 2. The number of anilines is 1. The topological polar surface area (TPSA) is 12.0 Å². The lowest BCUT2D eigenvalue weighted by Gasteiger charge is -2.04. The molecule has 0 saturated heterocycles. The van der Waals surface area contributed by atoms with Gasteiger partial charge in [0, 0.05) is 17.6 Å². The number of rotatable bonds is 3. The van der Waals surface area contributed by atoms with Crippen molar-refractivity contribution in [2.24, 2.45) is 0 Å². The second-order valence-corrected chi connectivity index (χ2v) is 4.30. The maximum Gasteiger partial charge on any atom is 0.141 e. The van der Waals surface area contributed by atoms with Crippen molar-refractivity contribution in [3.63, 3.8) is 0 Å². The quantitative estimate of drug-likeness (QED) is 0.851. The molecule has 0 amide bonds. The van der Waals surface area contributed by atoms with Crippen LogP contribution in [0.5, 0.6) is 0 Å². The summed E-state index contributed by atoms with van der Waals surface area (Å²) in [5.41, 5.74) is 2.04. The Morgan fingerprint density at radius 2 is 2.20 bits per heavy atom. The Morgan fingerprint density at radius 3 is 2.87 bits per heavy atom. The molecule has 1 nitrogen and oxygen atoms in total. The van der Waals surface area contributed by atoms with E-state index in [2.05, 4.69) is 5.32 Å². The second-order valence-electron chi connectivity index (χ2n) is 3.11. The Hall–Kier alpha value is -1.06. The van der Waals surface area contributed by atoms with Gasteiger partial charge in [-0.25, -0.2) is 4.39 Å². The van der Waals surface area contributed by atoms with Crippen molar-refractivity contribution in [2.45, 2.75) is 6.54 Å². The van der Waals surface area contributed by atoms with E-state index in [-0.39, 0.29) is 10.8 Å². The van der Waals surface area contributed by atoms with Gasteiger partial charge in [0.25, 0.3) is 0 Å². The van der Waals surface area contributed by atoms with Gasteiger partial charge >= 0.3 is 0 Å². The maximum atomic E-state index is 12.9. The van der Waals surface area contributed by atoms with Gasteiger partial charge in [-0.05, 0) is 29.1 Å². The summed E-state index contributed by atoms with van der Waals surface area (Å²) >= 11 is 7.31. The molecule has 1 N–H and O–H groups in total. The molecule has 2 aromatic rings.